The van der Waals surface area contributed by atoms with E-state index in [2.05, 4.69) is 5.32 Å². The number of non-ortho nitro benzene ring substituents is 1. The second kappa shape index (κ2) is 9.39. The van der Waals surface area contributed by atoms with E-state index in [9.17, 15) is 19.7 Å². The number of nitro benzene ring substituents is 1. The Balaban J connectivity index is 2.02. The smallest absolute Gasteiger partial charge is 0.407 e. The van der Waals surface area contributed by atoms with Crippen LogP contribution in [0.5, 0.6) is 0 Å². The van der Waals surface area contributed by atoms with Crippen LogP contribution in [0.1, 0.15) is 55.2 Å². The van der Waals surface area contributed by atoms with Crippen LogP contribution in [0.4, 0.5) is 10.5 Å². The lowest BCUT2D eigenvalue weighted by atomic mass is 10.0. The highest BCUT2D eigenvalue weighted by Gasteiger charge is 2.21. The Morgan fingerprint density at radius 2 is 1.80 bits per heavy atom. The van der Waals surface area contributed by atoms with Crippen LogP contribution in [0.2, 0.25) is 0 Å². The van der Waals surface area contributed by atoms with Crippen molar-refractivity contribution in [1.82, 2.24) is 10.2 Å². The van der Waals surface area contributed by atoms with Crippen molar-refractivity contribution >= 4 is 17.7 Å². The Morgan fingerprint density at radius 3 is 2.37 bits per heavy atom. The molecule has 160 valence electrons. The average molecular weight is 413 g/mol. The van der Waals surface area contributed by atoms with E-state index >= 15 is 0 Å². The second-order valence-electron chi connectivity index (χ2n) is 8.00. The Labute approximate surface area is 176 Å². The highest BCUT2D eigenvalue weighted by Crippen LogP contribution is 2.24. The number of hydrogen-bond donors (Lipinski definition) is 1. The minimum Gasteiger partial charge on any atom is -0.444 e. The van der Waals surface area contributed by atoms with Gasteiger partial charge >= 0.3 is 6.09 Å². The van der Waals surface area contributed by atoms with E-state index in [0.717, 1.165) is 5.56 Å². The van der Waals surface area contributed by atoms with Gasteiger partial charge in [-0.2, -0.15) is 0 Å². The van der Waals surface area contributed by atoms with Crippen LogP contribution in [0.3, 0.4) is 0 Å². The maximum Gasteiger partial charge on any atom is 0.407 e. The maximum atomic E-state index is 12.8. The van der Waals surface area contributed by atoms with Crippen molar-refractivity contribution in [3.8, 4) is 0 Å². The molecule has 0 aliphatic carbocycles. The molecule has 0 fully saturated rings. The molecular weight excluding hydrogens is 386 g/mol. The average Bonchev–Trinajstić information content (AvgIpc) is 2.69. The summed E-state index contributed by atoms with van der Waals surface area (Å²) in [5.41, 5.74) is 1.41. The summed E-state index contributed by atoms with van der Waals surface area (Å²) in [5, 5.41) is 13.7. The summed E-state index contributed by atoms with van der Waals surface area (Å²) in [6, 6.07) is 12.8. The van der Waals surface area contributed by atoms with Crippen LogP contribution in [0, 0.1) is 10.1 Å². The van der Waals surface area contributed by atoms with E-state index in [1.807, 2.05) is 6.92 Å². The van der Waals surface area contributed by atoms with Gasteiger partial charge in [-0.15, -0.1) is 0 Å². The van der Waals surface area contributed by atoms with Crippen LogP contribution >= 0.6 is 0 Å². The maximum absolute atomic E-state index is 12.8. The van der Waals surface area contributed by atoms with Gasteiger partial charge in [0, 0.05) is 31.3 Å². The van der Waals surface area contributed by atoms with E-state index in [1.54, 1.807) is 64.2 Å². The lowest BCUT2D eigenvalue weighted by Crippen LogP contribution is -2.32. The predicted molar refractivity (Wildman–Crippen MR) is 113 cm³/mol. The van der Waals surface area contributed by atoms with Crippen LogP contribution in [0.15, 0.2) is 48.5 Å². The minimum atomic E-state index is -0.569. The molecule has 0 spiro atoms. The monoisotopic (exact) mass is 413 g/mol. The molecule has 0 saturated carbocycles. The van der Waals surface area contributed by atoms with Crippen molar-refractivity contribution in [3.05, 3.63) is 75.3 Å². The number of benzene rings is 2. The number of carbonyl (C=O) groups is 2. The molecule has 1 N–H and O–H groups in total. The van der Waals surface area contributed by atoms with Crippen molar-refractivity contribution in [2.75, 3.05) is 7.05 Å². The molecule has 0 aliphatic rings. The van der Waals surface area contributed by atoms with Gasteiger partial charge < -0.3 is 15.0 Å². The van der Waals surface area contributed by atoms with E-state index in [0.29, 0.717) is 11.1 Å². The Kier molecular flexibility index (Phi) is 7.15. The Morgan fingerprint density at radius 1 is 1.17 bits per heavy atom. The van der Waals surface area contributed by atoms with Crippen molar-refractivity contribution in [3.63, 3.8) is 0 Å². The number of nitrogens with zero attached hydrogens (tertiary/aromatic N) is 2. The molecule has 1 atom stereocenters. The molecule has 8 heteroatoms. The number of alkyl carbamates (subject to hydrolysis) is 1. The van der Waals surface area contributed by atoms with Gasteiger partial charge in [0.05, 0.1) is 11.0 Å². The van der Waals surface area contributed by atoms with Gasteiger partial charge in [0.25, 0.3) is 11.6 Å². The molecule has 0 aromatic heterocycles. The highest BCUT2D eigenvalue weighted by molar-refractivity contribution is 5.94. The first-order chi connectivity index (χ1) is 14.0. The molecule has 0 heterocycles. The lowest BCUT2D eigenvalue weighted by Gasteiger charge is -2.25. The van der Waals surface area contributed by atoms with Crippen molar-refractivity contribution in [1.29, 1.82) is 0 Å². The summed E-state index contributed by atoms with van der Waals surface area (Å²) >= 11 is 0. The zero-order valence-electron chi connectivity index (χ0n) is 17.8. The zero-order valence-corrected chi connectivity index (χ0v) is 17.8. The molecule has 2 aromatic carbocycles. The largest absolute Gasteiger partial charge is 0.444 e. The second-order valence-corrected chi connectivity index (χ2v) is 8.00. The first-order valence-corrected chi connectivity index (χ1v) is 9.55. The third kappa shape index (κ3) is 6.30. The fourth-order valence-electron chi connectivity index (χ4n) is 2.75. The molecule has 0 aliphatic heterocycles. The quantitative estimate of drug-likeness (QED) is 0.557. The van der Waals surface area contributed by atoms with Gasteiger partial charge in [0.2, 0.25) is 0 Å². The van der Waals surface area contributed by atoms with Gasteiger partial charge in [-0.05, 0) is 51.0 Å². The summed E-state index contributed by atoms with van der Waals surface area (Å²) < 4.78 is 5.19. The third-order valence-corrected chi connectivity index (χ3v) is 4.50. The van der Waals surface area contributed by atoms with Crippen LogP contribution < -0.4 is 5.32 Å². The lowest BCUT2D eigenvalue weighted by molar-refractivity contribution is -0.384. The van der Waals surface area contributed by atoms with E-state index in [4.69, 9.17) is 4.74 Å². The van der Waals surface area contributed by atoms with Crippen molar-refractivity contribution in [2.24, 2.45) is 0 Å². The first-order valence-electron chi connectivity index (χ1n) is 9.55. The van der Waals surface area contributed by atoms with Gasteiger partial charge in [-0.3, -0.25) is 14.9 Å². The molecule has 0 bridgehead atoms. The van der Waals surface area contributed by atoms with E-state index in [-0.39, 0.29) is 24.2 Å². The predicted octanol–water partition coefficient (Wildman–Crippen LogP) is 4.45. The van der Waals surface area contributed by atoms with Crippen LogP contribution in [-0.4, -0.2) is 34.5 Å². The number of nitrogens with one attached hydrogen (secondary N) is 1. The number of hydrogen-bond acceptors (Lipinski definition) is 5. The summed E-state index contributed by atoms with van der Waals surface area (Å²) in [4.78, 5) is 36.6. The highest BCUT2D eigenvalue weighted by atomic mass is 16.6. The van der Waals surface area contributed by atoms with Crippen LogP contribution in [-0.2, 0) is 11.3 Å². The molecule has 2 aromatic rings. The first kappa shape index (κ1) is 22.9. The van der Waals surface area contributed by atoms with Crippen molar-refractivity contribution < 1.29 is 19.2 Å². The Hall–Kier alpha value is -3.42. The normalized spacial score (nSPS) is 12.0. The summed E-state index contributed by atoms with van der Waals surface area (Å²) in [6.45, 7) is 7.47. The van der Waals surface area contributed by atoms with Gasteiger partial charge in [-0.25, -0.2) is 4.79 Å². The van der Waals surface area contributed by atoms with Gasteiger partial charge in [-0.1, -0.05) is 24.3 Å². The van der Waals surface area contributed by atoms with Crippen molar-refractivity contribution in [2.45, 2.75) is 45.9 Å². The Bertz CT molecular complexity index is 919. The molecule has 0 unspecified atom stereocenters. The summed E-state index contributed by atoms with van der Waals surface area (Å²) in [5.74, 6) is -0.208. The zero-order chi connectivity index (χ0) is 22.5. The molecular formula is C22H27N3O5. The fraction of sp³-hybridized carbons (Fsp3) is 0.364. The molecule has 30 heavy (non-hydrogen) atoms. The SMILES string of the molecule is C[C@H](c1cccc([N+](=O)[O-])c1)N(C)C(=O)c1ccc(CNC(=O)OC(C)(C)C)cc1. The third-order valence-electron chi connectivity index (χ3n) is 4.50. The standard InChI is InChI=1S/C22H27N3O5/c1-15(18-7-6-8-19(13-18)25(28)29)24(5)20(26)17-11-9-16(10-12-17)14-23-21(27)30-22(2,3)4/h6-13,15H,14H2,1-5H3,(H,23,27)/t15-/m1/s1. The number of rotatable bonds is 6. The fourth-order valence-corrected chi connectivity index (χ4v) is 2.75. The number of ether oxygens (including phenoxy) is 1. The van der Waals surface area contributed by atoms with Gasteiger partial charge in [0.1, 0.15) is 5.60 Å². The van der Waals surface area contributed by atoms with E-state index in [1.165, 1.54) is 17.0 Å². The summed E-state index contributed by atoms with van der Waals surface area (Å²) in [6.07, 6.45) is -0.506. The molecule has 8 nitrogen and oxygen atoms in total. The summed E-state index contributed by atoms with van der Waals surface area (Å²) in [7, 11) is 1.66. The topological polar surface area (TPSA) is 102 Å². The molecule has 0 radical (unpaired) electrons. The minimum absolute atomic E-state index is 0.0120. The molecule has 0 saturated heterocycles. The van der Waals surface area contributed by atoms with Crippen LogP contribution in [0.25, 0.3) is 0 Å². The number of carbonyl (C=O) groups excluding carboxylic acids is 2. The van der Waals surface area contributed by atoms with Gasteiger partial charge in [0.15, 0.2) is 0 Å². The number of nitro groups is 1. The molecule has 2 rings (SSSR count). The molecule has 2 amide bonds. The number of amides is 2. The van der Waals surface area contributed by atoms with E-state index < -0.39 is 16.6 Å².